The zero-order chi connectivity index (χ0) is 22.1. The van der Waals surface area contributed by atoms with Crippen LogP contribution in [0.3, 0.4) is 0 Å². The Hall–Kier alpha value is -3.83. The predicted octanol–water partition coefficient (Wildman–Crippen LogP) is 4.24. The summed E-state index contributed by atoms with van der Waals surface area (Å²) >= 11 is 0. The molecule has 4 rings (SSSR count). The van der Waals surface area contributed by atoms with Crippen LogP contribution in [0, 0.1) is 5.82 Å². The molecule has 0 aliphatic carbocycles. The van der Waals surface area contributed by atoms with E-state index in [4.69, 9.17) is 0 Å². The number of carbonyl (C=O) groups excluding carboxylic acids is 1. The molecule has 0 bridgehead atoms. The Morgan fingerprint density at radius 2 is 1.87 bits per heavy atom. The number of carbonyl (C=O) groups is 1. The number of amides is 1. The van der Waals surface area contributed by atoms with Gasteiger partial charge in [0.05, 0.1) is 18.4 Å². The second-order valence-corrected chi connectivity index (χ2v) is 6.48. The molecule has 0 aliphatic heterocycles. The number of anilines is 1. The van der Waals surface area contributed by atoms with E-state index >= 15 is 0 Å². The monoisotopic (exact) mass is 436 g/mol. The van der Waals surface area contributed by atoms with Crippen molar-refractivity contribution >= 4 is 17.2 Å². The summed E-state index contributed by atoms with van der Waals surface area (Å²) in [4.78, 5) is 16.0. The van der Waals surface area contributed by atoms with Gasteiger partial charge in [-0.3, -0.25) is 9.48 Å². The normalized spacial score (nSPS) is 11.6. The molecule has 7 nitrogen and oxygen atoms in total. The minimum absolute atomic E-state index is 0.120. The molecule has 12 heteroatoms. The van der Waals surface area contributed by atoms with Crippen LogP contribution in [0.1, 0.15) is 40.3 Å². The van der Waals surface area contributed by atoms with Crippen molar-refractivity contribution in [2.75, 3.05) is 5.32 Å². The molecule has 31 heavy (non-hydrogen) atoms. The lowest BCUT2D eigenvalue weighted by Gasteiger charge is -2.06. The maximum Gasteiger partial charge on any atom is 0.280 e. The van der Waals surface area contributed by atoms with Crippen molar-refractivity contribution in [2.45, 2.75) is 19.4 Å². The van der Waals surface area contributed by atoms with Gasteiger partial charge in [0.15, 0.2) is 11.3 Å². The van der Waals surface area contributed by atoms with Crippen molar-refractivity contribution < 1.29 is 26.7 Å². The van der Waals surface area contributed by atoms with Gasteiger partial charge in [-0.1, -0.05) is 18.2 Å². The fourth-order valence-corrected chi connectivity index (χ4v) is 2.91. The van der Waals surface area contributed by atoms with Gasteiger partial charge in [0, 0.05) is 17.8 Å². The van der Waals surface area contributed by atoms with Gasteiger partial charge in [-0.2, -0.15) is 10.2 Å². The maximum atomic E-state index is 13.8. The molecule has 160 valence electrons. The molecule has 3 heterocycles. The first-order valence-electron chi connectivity index (χ1n) is 8.86. The summed E-state index contributed by atoms with van der Waals surface area (Å²) in [6, 6.07) is 7.70. The molecule has 1 amide bonds. The Morgan fingerprint density at radius 1 is 1.10 bits per heavy atom. The molecule has 0 aliphatic rings. The Bertz CT molecular complexity index is 1250. The van der Waals surface area contributed by atoms with Crippen LogP contribution in [0.15, 0.2) is 48.8 Å². The second kappa shape index (κ2) is 8.13. The summed E-state index contributed by atoms with van der Waals surface area (Å²) in [5, 5.41) is 10.3. The van der Waals surface area contributed by atoms with E-state index in [1.807, 2.05) is 0 Å². The van der Waals surface area contributed by atoms with Gasteiger partial charge in [-0.15, -0.1) is 0 Å². The Labute approximate surface area is 171 Å². The highest BCUT2D eigenvalue weighted by Gasteiger charge is 2.22. The van der Waals surface area contributed by atoms with E-state index in [2.05, 4.69) is 20.5 Å². The summed E-state index contributed by atoms with van der Waals surface area (Å²) in [7, 11) is 0. The van der Waals surface area contributed by atoms with Crippen LogP contribution < -0.4 is 5.32 Å². The minimum atomic E-state index is -3.10. The minimum Gasteiger partial charge on any atom is -0.318 e. The molecule has 1 aromatic carbocycles. The predicted molar refractivity (Wildman–Crippen MR) is 98.6 cm³/mol. The average Bonchev–Trinajstić information content (AvgIpc) is 3.35. The quantitative estimate of drug-likeness (QED) is 0.459. The van der Waals surface area contributed by atoms with Gasteiger partial charge < -0.3 is 5.32 Å². The molecule has 0 fully saturated rings. The van der Waals surface area contributed by atoms with Crippen molar-refractivity contribution in [1.29, 1.82) is 0 Å². The highest BCUT2D eigenvalue weighted by molar-refractivity contribution is 6.03. The zero-order valence-electron chi connectivity index (χ0n) is 15.5. The SMILES string of the molecule is O=C(Nc1cnn(Cc2ccccc2F)c1)c1cc2nc(C(F)F)cc(C(F)F)n2n1. The molecule has 0 saturated carbocycles. The lowest BCUT2D eigenvalue weighted by atomic mass is 10.2. The number of benzene rings is 1. The van der Waals surface area contributed by atoms with Crippen LogP contribution in [-0.4, -0.2) is 30.3 Å². The highest BCUT2D eigenvalue weighted by Crippen LogP contribution is 2.25. The van der Waals surface area contributed by atoms with E-state index < -0.39 is 36.0 Å². The van der Waals surface area contributed by atoms with Crippen molar-refractivity contribution in [2.24, 2.45) is 0 Å². The summed E-state index contributed by atoms with van der Waals surface area (Å²) in [5.41, 5.74) is -1.63. The Balaban J connectivity index is 1.56. The van der Waals surface area contributed by atoms with Crippen molar-refractivity contribution in [3.05, 3.63) is 77.3 Å². The third-order valence-corrected chi connectivity index (χ3v) is 4.34. The molecule has 0 unspecified atom stereocenters. The number of nitrogens with one attached hydrogen (secondary N) is 1. The summed E-state index contributed by atoms with van der Waals surface area (Å²) in [6.07, 6.45) is -3.41. The van der Waals surface area contributed by atoms with E-state index in [1.54, 1.807) is 18.2 Å². The number of nitrogens with zero attached hydrogens (tertiary/aromatic N) is 5. The molecule has 1 N–H and O–H groups in total. The smallest absolute Gasteiger partial charge is 0.280 e. The van der Waals surface area contributed by atoms with Gasteiger partial charge in [0.1, 0.15) is 17.2 Å². The first-order valence-corrected chi connectivity index (χ1v) is 8.86. The van der Waals surface area contributed by atoms with Crippen LogP contribution in [0.2, 0.25) is 0 Å². The maximum absolute atomic E-state index is 13.8. The van der Waals surface area contributed by atoms with E-state index in [0.29, 0.717) is 16.1 Å². The fourth-order valence-electron chi connectivity index (χ4n) is 2.91. The third kappa shape index (κ3) is 4.22. The first-order chi connectivity index (χ1) is 14.8. The first kappa shape index (κ1) is 20.4. The topological polar surface area (TPSA) is 77.1 Å². The number of rotatable bonds is 6. The van der Waals surface area contributed by atoms with Gasteiger partial charge in [-0.05, 0) is 12.1 Å². The van der Waals surface area contributed by atoms with Gasteiger partial charge in [-0.25, -0.2) is 31.5 Å². The van der Waals surface area contributed by atoms with Crippen LogP contribution in [0.5, 0.6) is 0 Å². The van der Waals surface area contributed by atoms with Crippen molar-refractivity contribution in [1.82, 2.24) is 24.4 Å². The Morgan fingerprint density at radius 3 is 2.58 bits per heavy atom. The largest absolute Gasteiger partial charge is 0.318 e. The van der Waals surface area contributed by atoms with E-state index in [1.165, 1.54) is 23.1 Å². The summed E-state index contributed by atoms with van der Waals surface area (Å²) < 4.78 is 68.1. The van der Waals surface area contributed by atoms with E-state index in [0.717, 1.165) is 6.07 Å². The molecule has 4 aromatic rings. The second-order valence-electron chi connectivity index (χ2n) is 6.48. The van der Waals surface area contributed by atoms with E-state index in [-0.39, 0.29) is 23.6 Å². The molecule has 0 spiro atoms. The number of fused-ring (bicyclic) bond motifs is 1. The number of alkyl halides is 4. The number of halogens is 5. The zero-order valence-corrected chi connectivity index (χ0v) is 15.5. The molecular weight excluding hydrogens is 423 g/mol. The number of hydrogen-bond acceptors (Lipinski definition) is 4. The van der Waals surface area contributed by atoms with Crippen LogP contribution in [-0.2, 0) is 6.54 Å². The highest BCUT2D eigenvalue weighted by atomic mass is 19.3. The van der Waals surface area contributed by atoms with E-state index in [9.17, 15) is 26.7 Å². The van der Waals surface area contributed by atoms with Crippen molar-refractivity contribution in [3.8, 4) is 0 Å². The van der Waals surface area contributed by atoms with Gasteiger partial charge in [0.2, 0.25) is 0 Å². The lowest BCUT2D eigenvalue weighted by Crippen LogP contribution is -2.13. The number of hydrogen-bond donors (Lipinski definition) is 1. The molecule has 0 atom stereocenters. The van der Waals surface area contributed by atoms with Gasteiger partial charge >= 0.3 is 0 Å². The van der Waals surface area contributed by atoms with Gasteiger partial charge in [0.25, 0.3) is 18.8 Å². The third-order valence-electron chi connectivity index (χ3n) is 4.34. The van der Waals surface area contributed by atoms with Crippen LogP contribution in [0.25, 0.3) is 5.65 Å². The molecule has 3 aromatic heterocycles. The standard InChI is InChI=1S/C19H13F5N6O/c20-12-4-2-1-3-10(12)8-29-9-11(7-25-29)26-19(31)14-6-16-27-13(17(21)22)5-15(18(23)24)30(16)28-14/h1-7,9,17-18H,8H2,(H,26,31). The summed E-state index contributed by atoms with van der Waals surface area (Å²) in [6.45, 7) is 0.120. The summed E-state index contributed by atoms with van der Waals surface area (Å²) in [5.74, 6) is -1.19. The molecule has 0 saturated heterocycles. The van der Waals surface area contributed by atoms with Crippen molar-refractivity contribution in [3.63, 3.8) is 0 Å². The van der Waals surface area contributed by atoms with Crippen LogP contribution in [0.4, 0.5) is 27.6 Å². The molecular formula is C19H13F5N6O. The lowest BCUT2D eigenvalue weighted by molar-refractivity contribution is 0.102. The average molecular weight is 436 g/mol. The Kier molecular flexibility index (Phi) is 5.36. The fraction of sp³-hybridized carbons (Fsp3) is 0.158. The van der Waals surface area contributed by atoms with Crippen LogP contribution >= 0.6 is 0 Å². The molecule has 0 radical (unpaired) electrons. The number of aromatic nitrogens is 5.